The van der Waals surface area contributed by atoms with Crippen LogP contribution in [0.15, 0.2) is 46.6 Å². The number of carbonyl (C=O) groups excluding carboxylic acids is 6. The lowest BCUT2D eigenvalue weighted by molar-refractivity contribution is -0.246. The standard InChI is InChI=1S/C60H68N6O20/c1-23-49(69)31(61)17-39(83-23)85-35-21-59(79,19-29-43(35)57(77)47-45(53(29)73)51(71)27-11-9-13-33(81-5)41(27)55(47)75)25(3)64-66(38(68)16-8-7-15-37(63)67)65-26(4)60(80)20-30-44(36(22-60)86-40-18-32(62)50(70)24(2)84-40)58(78)48-46(54(30)74)52(72)28-12-10-14-34(82-6)42(28)56(48)76/h9-14,23-24,31-32,35-36,39-40,49-50,69-70,73-74,77-80H,7-8,15-22,61-62H2,1-6H3,(H2,63,67). The minimum absolute atomic E-state index is 0.0152. The normalized spacial score (nSPS) is 28.8. The van der Waals surface area contributed by atoms with Crippen LogP contribution < -0.4 is 26.7 Å². The van der Waals surface area contributed by atoms with E-state index < -0.39 is 178 Å². The molecule has 0 spiro atoms. The van der Waals surface area contributed by atoms with Gasteiger partial charge in [-0.3, -0.25) is 28.8 Å². The molecule has 0 bridgehead atoms. The lowest BCUT2D eigenvalue weighted by atomic mass is 9.71. The number of primary amides is 1. The molecule has 0 radical (unpaired) electrons. The molecule has 4 aromatic rings. The second-order valence-corrected chi connectivity index (χ2v) is 22.9. The molecule has 14 N–H and O–H groups in total. The number of hydrogen-bond donors (Lipinski definition) is 11. The molecule has 4 aliphatic carbocycles. The molecule has 12 atom stereocenters. The molecular weight excluding hydrogens is 1120 g/mol. The average Bonchev–Trinajstić information content (AvgIpc) is 0.976. The van der Waals surface area contributed by atoms with Gasteiger partial charge in [-0.15, -0.1) is 5.12 Å². The van der Waals surface area contributed by atoms with Gasteiger partial charge in [0.05, 0.1) is 95.6 Å². The maximum absolute atomic E-state index is 14.6. The fourth-order valence-electron chi connectivity index (χ4n) is 12.6. The predicted molar refractivity (Wildman–Crippen MR) is 300 cm³/mol. The Morgan fingerprint density at radius 2 is 1.00 bits per heavy atom. The Morgan fingerprint density at radius 1 is 0.616 bits per heavy atom. The summed E-state index contributed by atoms with van der Waals surface area (Å²) in [7, 11) is 2.58. The molecule has 12 unspecified atom stereocenters. The zero-order chi connectivity index (χ0) is 62.3. The molecule has 2 saturated heterocycles. The zero-order valence-electron chi connectivity index (χ0n) is 47.9. The molecule has 26 nitrogen and oxygen atoms in total. The van der Waals surface area contributed by atoms with Gasteiger partial charge in [-0.2, -0.15) is 10.2 Å². The molecule has 458 valence electrons. The Morgan fingerprint density at radius 3 is 1.37 bits per heavy atom. The smallest absolute Gasteiger partial charge is 0.264 e. The fourth-order valence-corrected chi connectivity index (χ4v) is 12.6. The van der Waals surface area contributed by atoms with E-state index in [1.54, 1.807) is 13.8 Å². The number of benzene rings is 4. The zero-order valence-corrected chi connectivity index (χ0v) is 47.9. The Hall–Kier alpha value is -7.76. The first-order chi connectivity index (χ1) is 40.6. The lowest BCUT2D eigenvalue weighted by Crippen LogP contribution is -2.52. The number of aromatic hydroxyl groups is 4. The van der Waals surface area contributed by atoms with Crippen molar-refractivity contribution < 1.29 is 98.0 Å². The van der Waals surface area contributed by atoms with Crippen LogP contribution in [-0.2, 0) is 41.4 Å². The number of ether oxygens (including phenoxy) is 6. The highest BCUT2D eigenvalue weighted by molar-refractivity contribution is 6.32. The molecule has 4 aromatic carbocycles. The quantitative estimate of drug-likeness (QED) is 0.0304. The first-order valence-electron chi connectivity index (χ1n) is 28.1. The van der Waals surface area contributed by atoms with Crippen LogP contribution in [0.5, 0.6) is 34.5 Å². The summed E-state index contributed by atoms with van der Waals surface area (Å²) in [6.45, 7) is 5.69. The Bertz CT molecular complexity index is 3350. The molecule has 6 aliphatic rings. The van der Waals surface area contributed by atoms with Crippen molar-refractivity contribution in [3.8, 4) is 34.5 Å². The highest BCUT2D eigenvalue weighted by Gasteiger charge is 2.52. The Balaban J connectivity index is 1.08. The second-order valence-electron chi connectivity index (χ2n) is 22.9. The summed E-state index contributed by atoms with van der Waals surface area (Å²) < 4.78 is 35.7. The molecule has 86 heavy (non-hydrogen) atoms. The van der Waals surface area contributed by atoms with Gasteiger partial charge in [-0.25, -0.2) is 0 Å². The van der Waals surface area contributed by atoms with Crippen LogP contribution in [0.25, 0.3) is 0 Å². The minimum atomic E-state index is -2.32. The summed E-state index contributed by atoms with van der Waals surface area (Å²) in [5.41, 5.74) is 8.83. The lowest BCUT2D eigenvalue weighted by Gasteiger charge is -2.43. The molecule has 2 heterocycles. The highest BCUT2D eigenvalue weighted by atomic mass is 16.7. The summed E-state index contributed by atoms with van der Waals surface area (Å²) in [6.07, 6.45) is -12.5. The summed E-state index contributed by atoms with van der Waals surface area (Å²) in [5.74, 6) is -8.06. The van der Waals surface area contributed by atoms with Gasteiger partial charge in [-0.1, -0.05) is 24.3 Å². The number of hydrazone groups is 2. The number of nitrogens with two attached hydrogens (primary N) is 3. The van der Waals surface area contributed by atoms with E-state index in [0.29, 0.717) is 5.12 Å². The van der Waals surface area contributed by atoms with Crippen LogP contribution >= 0.6 is 0 Å². The second kappa shape index (κ2) is 23.2. The molecule has 10 rings (SSSR count). The van der Waals surface area contributed by atoms with Crippen molar-refractivity contribution in [2.75, 3.05) is 14.2 Å². The monoisotopic (exact) mass is 1190 g/mol. The van der Waals surface area contributed by atoms with Gasteiger partial charge < -0.3 is 86.5 Å². The molecule has 2 amide bonds. The molecule has 2 aliphatic heterocycles. The van der Waals surface area contributed by atoms with Gasteiger partial charge in [0.1, 0.15) is 45.7 Å². The number of rotatable bonds is 15. The number of aliphatic hydroxyl groups excluding tert-OH is 2. The first-order valence-corrected chi connectivity index (χ1v) is 28.1. The summed E-state index contributed by atoms with van der Waals surface area (Å²) in [6, 6.07) is 6.75. The van der Waals surface area contributed by atoms with E-state index in [2.05, 4.69) is 10.2 Å². The number of fused-ring (bicyclic) bond motifs is 6. The number of phenolic OH excluding ortho intramolecular Hbond substituents is 4. The number of ketones is 4. The molecule has 0 saturated carbocycles. The third kappa shape index (κ3) is 10.4. The van der Waals surface area contributed by atoms with Crippen LogP contribution in [0, 0.1) is 0 Å². The number of amides is 2. The number of unbranched alkanes of at least 4 members (excludes halogenated alkanes) is 1. The third-order valence-corrected chi connectivity index (χ3v) is 17.4. The van der Waals surface area contributed by atoms with Crippen LogP contribution in [0.1, 0.15) is 177 Å². The predicted octanol–water partition coefficient (Wildman–Crippen LogP) is 2.52. The largest absolute Gasteiger partial charge is 0.507 e. The Labute approximate surface area is 491 Å². The van der Waals surface area contributed by atoms with E-state index in [4.69, 9.17) is 45.6 Å². The van der Waals surface area contributed by atoms with E-state index >= 15 is 0 Å². The van der Waals surface area contributed by atoms with Crippen molar-refractivity contribution in [3.63, 3.8) is 0 Å². The van der Waals surface area contributed by atoms with Crippen LogP contribution in [-0.4, -0.2) is 167 Å². The van der Waals surface area contributed by atoms with Gasteiger partial charge in [0.15, 0.2) is 24.1 Å². The van der Waals surface area contributed by atoms with Gasteiger partial charge in [0.2, 0.25) is 17.5 Å². The summed E-state index contributed by atoms with van der Waals surface area (Å²) in [5, 5.41) is 106. The average molecular weight is 1190 g/mol. The van der Waals surface area contributed by atoms with Crippen molar-refractivity contribution in [1.29, 1.82) is 0 Å². The van der Waals surface area contributed by atoms with Gasteiger partial charge in [0, 0.05) is 96.8 Å². The molecule has 0 aromatic heterocycles. The van der Waals surface area contributed by atoms with Crippen molar-refractivity contribution in [3.05, 3.63) is 103 Å². The highest BCUT2D eigenvalue weighted by Crippen LogP contribution is 2.55. The number of carbonyl (C=O) groups is 6. The number of phenols is 4. The van der Waals surface area contributed by atoms with Crippen molar-refractivity contribution in [1.82, 2.24) is 5.12 Å². The van der Waals surface area contributed by atoms with E-state index in [-0.39, 0.29) is 106 Å². The number of hydrogen-bond acceptors (Lipinski definition) is 24. The van der Waals surface area contributed by atoms with Gasteiger partial charge in [-0.05, 0) is 52.7 Å². The van der Waals surface area contributed by atoms with Crippen LogP contribution in [0.2, 0.25) is 0 Å². The first kappa shape index (κ1) is 61.3. The maximum atomic E-state index is 14.6. The summed E-state index contributed by atoms with van der Waals surface area (Å²) >= 11 is 0. The van der Waals surface area contributed by atoms with Crippen LogP contribution in [0.4, 0.5) is 0 Å². The van der Waals surface area contributed by atoms with Gasteiger partial charge in [0.25, 0.3) is 5.91 Å². The van der Waals surface area contributed by atoms with Crippen molar-refractivity contribution in [2.24, 2.45) is 27.4 Å². The van der Waals surface area contributed by atoms with E-state index in [1.807, 2.05) is 0 Å². The van der Waals surface area contributed by atoms with Crippen LogP contribution in [0.3, 0.4) is 0 Å². The maximum Gasteiger partial charge on any atom is 0.264 e. The molecule has 2 fully saturated rings. The van der Waals surface area contributed by atoms with Crippen molar-refractivity contribution >= 4 is 46.4 Å². The summed E-state index contributed by atoms with van der Waals surface area (Å²) in [4.78, 5) is 83.9. The molecular formula is C60H68N6O20. The third-order valence-electron chi connectivity index (χ3n) is 17.4. The number of aliphatic hydroxyl groups is 4. The fraction of sp³-hybridized carbons (Fsp3) is 0.467. The number of nitrogens with zero attached hydrogens (tertiary/aromatic N) is 3. The van der Waals surface area contributed by atoms with Gasteiger partial charge >= 0.3 is 0 Å². The van der Waals surface area contributed by atoms with Crippen molar-refractivity contribution in [2.45, 2.75) is 164 Å². The topological polar surface area (TPSA) is 426 Å². The SMILES string of the molecule is COc1cccc2c1C(=O)c1c(O)c3c(c(O)c1C2=O)CC(O)(C(C)=NN(N=C(C)C1(O)Cc2c(O)c4c(c(O)c2C(OC2CC(N)C(O)C(C)O2)C1)C(=O)c1c(OC)cccc1C4=O)C(=O)CCCCC(N)=O)CC3OC1CC(N)C(O)C(C)O1. The minimum Gasteiger partial charge on any atom is -0.507 e. The number of methoxy groups -OCH3 is 2. The molecule has 26 heteroatoms. The van der Waals surface area contributed by atoms with E-state index in [0.717, 1.165) is 0 Å². The Kier molecular flexibility index (Phi) is 16.5. The van der Waals surface area contributed by atoms with E-state index in [9.17, 15) is 69.6 Å². The van der Waals surface area contributed by atoms with E-state index in [1.165, 1.54) is 64.5 Å².